The van der Waals surface area contributed by atoms with E-state index in [1.54, 1.807) is 30.6 Å². The van der Waals surface area contributed by atoms with Crippen molar-refractivity contribution in [3.63, 3.8) is 0 Å². The summed E-state index contributed by atoms with van der Waals surface area (Å²) in [4.78, 5) is 22.0. The first-order valence-electron chi connectivity index (χ1n) is 21.9. The lowest BCUT2D eigenvalue weighted by Crippen LogP contribution is -2.40. The molecule has 17 heteroatoms. The summed E-state index contributed by atoms with van der Waals surface area (Å²) in [5, 5.41) is 31.1. The van der Waals surface area contributed by atoms with Gasteiger partial charge in [-0.1, -0.05) is 24.3 Å². The minimum absolute atomic E-state index is 0.104. The highest BCUT2D eigenvalue weighted by Crippen LogP contribution is 2.49. The van der Waals surface area contributed by atoms with Crippen molar-refractivity contribution < 1.29 is 32.2 Å². The molecule has 334 valence electrons. The molecule has 1 amide bonds. The number of benzene rings is 2. The predicted octanol–water partition coefficient (Wildman–Crippen LogP) is 9.03. The molecule has 0 bridgehead atoms. The van der Waals surface area contributed by atoms with Crippen LogP contribution >= 0.6 is 11.3 Å². The van der Waals surface area contributed by atoms with Crippen LogP contribution in [0.15, 0.2) is 59.6 Å². The average molecular weight is 894 g/mol. The number of nitrogens with zero attached hydrogens (tertiary/aromatic N) is 8. The third-order valence-corrected chi connectivity index (χ3v) is 14.7. The van der Waals surface area contributed by atoms with E-state index in [9.17, 15) is 18.0 Å². The van der Waals surface area contributed by atoms with Crippen molar-refractivity contribution in [2.45, 2.75) is 109 Å². The molecule has 2 aliphatic heterocycles. The van der Waals surface area contributed by atoms with E-state index in [0.717, 1.165) is 90.6 Å². The van der Waals surface area contributed by atoms with Crippen molar-refractivity contribution >= 4 is 28.8 Å². The number of nitriles is 1. The van der Waals surface area contributed by atoms with Gasteiger partial charge in [-0.3, -0.25) is 14.4 Å². The van der Waals surface area contributed by atoms with E-state index < -0.39 is 12.1 Å². The highest BCUT2D eigenvalue weighted by atomic mass is 32.1. The summed E-state index contributed by atoms with van der Waals surface area (Å²) >= 11 is 1.76. The number of aliphatic imine (C=N–C) groups is 1. The fourth-order valence-electron chi connectivity index (χ4n) is 9.94. The maximum atomic E-state index is 13.2. The van der Waals surface area contributed by atoms with Crippen LogP contribution in [-0.4, -0.2) is 81.9 Å². The molecule has 0 radical (unpaired) electrons. The number of carbonyl (C=O) groups excluding carboxylic acids is 1. The zero-order chi connectivity index (χ0) is 44.8. The molecule has 0 unspecified atom stereocenters. The summed E-state index contributed by atoms with van der Waals surface area (Å²) in [5.74, 6) is 2.20. The SMILES string of the molecule is COC[C@@H]1N=C(c2ccc(C3CCC4(CC3)CCN(c3ccc(C(=O)NC5CCC(Oc6ccc(C#N)c(OC(F)(F)F)c6)CC5)nn3)C4)cc2)c2c(sc(C)c2C)-n2c(C)nnc21. The third-order valence-electron chi connectivity index (χ3n) is 13.5. The number of nitrogens with one attached hydrogen (secondary N) is 1. The summed E-state index contributed by atoms with van der Waals surface area (Å²) in [6, 6.07) is 17.8. The number of amides is 1. The van der Waals surface area contributed by atoms with Gasteiger partial charge in [-0.25, -0.2) is 0 Å². The minimum Gasteiger partial charge on any atom is -0.490 e. The van der Waals surface area contributed by atoms with Crippen molar-refractivity contribution in [1.29, 1.82) is 5.26 Å². The molecule has 4 aliphatic rings. The lowest BCUT2D eigenvalue weighted by atomic mass is 9.68. The maximum absolute atomic E-state index is 13.2. The highest BCUT2D eigenvalue weighted by Gasteiger charge is 2.42. The Labute approximate surface area is 373 Å². The number of alkyl halides is 3. The number of fused-ring (bicyclic) bond motifs is 3. The van der Waals surface area contributed by atoms with Crippen LogP contribution in [0, 0.1) is 37.5 Å². The Morgan fingerprint density at radius 2 is 1.72 bits per heavy atom. The second-order valence-corrected chi connectivity index (χ2v) is 18.8. The molecular formula is C47H50F3N9O4S. The molecule has 1 N–H and O–H groups in total. The van der Waals surface area contributed by atoms with E-state index in [0.29, 0.717) is 38.2 Å². The number of halogens is 3. The number of hydrogen-bond donors (Lipinski definition) is 1. The van der Waals surface area contributed by atoms with Gasteiger partial charge in [0, 0.05) is 48.3 Å². The van der Waals surface area contributed by atoms with Crippen LogP contribution in [-0.2, 0) is 4.74 Å². The van der Waals surface area contributed by atoms with E-state index in [1.165, 1.54) is 28.1 Å². The quantitative estimate of drug-likeness (QED) is 0.144. The van der Waals surface area contributed by atoms with Crippen LogP contribution in [0.25, 0.3) is 5.00 Å². The van der Waals surface area contributed by atoms with Crippen molar-refractivity contribution in [2.75, 3.05) is 31.7 Å². The number of aryl methyl sites for hydroxylation is 2. The number of aromatic nitrogens is 5. The van der Waals surface area contributed by atoms with Crippen molar-refractivity contribution in [1.82, 2.24) is 30.3 Å². The van der Waals surface area contributed by atoms with E-state index in [4.69, 9.17) is 19.7 Å². The van der Waals surface area contributed by atoms with Gasteiger partial charge >= 0.3 is 6.36 Å². The smallest absolute Gasteiger partial charge is 0.490 e. The second kappa shape index (κ2) is 17.6. The van der Waals surface area contributed by atoms with E-state index in [2.05, 4.69) is 78.0 Å². The number of carbonyl (C=O) groups is 1. The van der Waals surface area contributed by atoms with E-state index >= 15 is 0 Å². The maximum Gasteiger partial charge on any atom is 0.573 e. The largest absolute Gasteiger partial charge is 0.573 e. The van der Waals surface area contributed by atoms with Crippen LogP contribution in [0.1, 0.15) is 125 Å². The van der Waals surface area contributed by atoms with Gasteiger partial charge in [0.25, 0.3) is 5.91 Å². The Morgan fingerprint density at radius 3 is 2.41 bits per heavy atom. The van der Waals surface area contributed by atoms with Gasteiger partial charge in [-0.05, 0) is 125 Å². The number of hydrogen-bond acceptors (Lipinski definition) is 12. The van der Waals surface area contributed by atoms with Gasteiger partial charge < -0.3 is 24.4 Å². The Morgan fingerprint density at radius 1 is 0.953 bits per heavy atom. The second-order valence-electron chi connectivity index (χ2n) is 17.6. The summed E-state index contributed by atoms with van der Waals surface area (Å²) in [6.45, 7) is 8.55. The van der Waals surface area contributed by atoms with Gasteiger partial charge in [0.15, 0.2) is 23.1 Å². The molecule has 2 aromatic carbocycles. The van der Waals surface area contributed by atoms with Gasteiger partial charge in [0.1, 0.15) is 28.7 Å². The molecule has 2 saturated carbocycles. The minimum atomic E-state index is -4.93. The first-order chi connectivity index (χ1) is 30.8. The van der Waals surface area contributed by atoms with Gasteiger partial charge in [-0.2, -0.15) is 5.26 Å². The summed E-state index contributed by atoms with van der Waals surface area (Å²) in [7, 11) is 1.70. The van der Waals surface area contributed by atoms with Crippen molar-refractivity contribution in [2.24, 2.45) is 10.4 Å². The number of ether oxygens (including phenoxy) is 3. The summed E-state index contributed by atoms with van der Waals surface area (Å²) < 4.78 is 56.2. The molecule has 1 atom stereocenters. The molecule has 9 rings (SSSR count). The Hall–Kier alpha value is -5.86. The Bertz CT molecular complexity index is 2590. The first kappa shape index (κ1) is 43.4. The van der Waals surface area contributed by atoms with Gasteiger partial charge in [-0.15, -0.1) is 44.9 Å². The summed E-state index contributed by atoms with van der Waals surface area (Å²) in [5.41, 5.74) is 6.03. The third kappa shape index (κ3) is 8.82. The fourth-order valence-corrected chi connectivity index (χ4v) is 11.2. The van der Waals surface area contributed by atoms with Gasteiger partial charge in [0.05, 0.1) is 24.0 Å². The van der Waals surface area contributed by atoms with Gasteiger partial charge in [0.2, 0.25) is 0 Å². The predicted molar refractivity (Wildman–Crippen MR) is 235 cm³/mol. The fraction of sp³-hybridized carbons (Fsp3) is 0.468. The molecule has 5 heterocycles. The number of anilines is 1. The molecule has 1 spiro atoms. The number of rotatable bonds is 10. The number of methoxy groups -OCH3 is 1. The molecule has 64 heavy (non-hydrogen) atoms. The zero-order valence-electron chi connectivity index (χ0n) is 36.2. The van der Waals surface area contributed by atoms with Crippen LogP contribution < -0.4 is 19.7 Å². The normalized spacial score (nSPS) is 23.2. The topological polar surface area (TPSA) is 153 Å². The van der Waals surface area contributed by atoms with E-state index in [-0.39, 0.29) is 46.5 Å². The van der Waals surface area contributed by atoms with Crippen LogP contribution in [0.3, 0.4) is 0 Å². The molecular weight excluding hydrogens is 844 g/mol. The molecule has 2 aliphatic carbocycles. The lowest BCUT2D eigenvalue weighted by Gasteiger charge is -2.37. The number of thiophene rings is 1. The first-order valence-corrected chi connectivity index (χ1v) is 22.7. The molecule has 5 aromatic rings. The van der Waals surface area contributed by atoms with Crippen LogP contribution in [0.5, 0.6) is 11.5 Å². The highest BCUT2D eigenvalue weighted by molar-refractivity contribution is 7.15. The molecule has 13 nitrogen and oxygen atoms in total. The average Bonchev–Trinajstić information content (AvgIpc) is 3.94. The Kier molecular flexibility index (Phi) is 11.9. The van der Waals surface area contributed by atoms with Crippen molar-refractivity contribution in [3.8, 4) is 22.6 Å². The monoisotopic (exact) mass is 893 g/mol. The molecule has 3 aromatic heterocycles. The Balaban J connectivity index is 0.769. The lowest BCUT2D eigenvalue weighted by molar-refractivity contribution is -0.274. The van der Waals surface area contributed by atoms with Crippen molar-refractivity contribution in [3.05, 3.63) is 105 Å². The standard InChI is InChI=1S/C47H50F3N9O4S/c1-27-28(2)64-45-41(27)42(53-38(25-61-4)43-57-54-29(3)59(43)45)32-7-5-30(6-8-32)31-17-19-46(20-18-31)21-22-58(26-46)40-16-15-37(55-56-40)44(60)52-34-10-13-35(14-11-34)62-36-12-9-33(24-51)39(23-36)63-47(48,49)50/h5-9,12,15-16,23,31,34-35,38H,10-11,13-14,17-22,25-26H2,1-4H3,(H,52,60)/t31?,34?,35?,38-,46?/m0/s1. The zero-order valence-corrected chi connectivity index (χ0v) is 37.1. The van der Waals surface area contributed by atoms with Crippen LogP contribution in [0.4, 0.5) is 19.0 Å². The van der Waals surface area contributed by atoms with E-state index in [1.807, 2.05) is 13.0 Å². The molecule has 1 saturated heterocycles. The van der Waals surface area contributed by atoms with Crippen LogP contribution in [0.2, 0.25) is 0 Å². The molecule has 3 fully saturated rings. The summed E-state index contributed by atoms with van der Waals surface area (Å²) in [6.07, 6.45) is 2.85.